The fourth-order valence-corrected chi connectivity index (χ4v) is 6.00. The van der Waals surface area contributed by atoms with E-state index in [0.29, 0.717) is 18.1 Å². The van der Waals surface area contributed by atoms with Crippen LogP contribution in [0.4, 0.5) is 14.6 Å². The summed E-state index contributed by atoms with van der Waals surface area (Å²) in [6.45, 7) is -2.48. The normalized spacial score (nSPS) is 22.6. The molecule has 1 aromatic carbocycles. The summed E-state index contributed by atoms with van der Waals surface area (Å²) in [6, 6.07) is 11.0. The molecule has 1 N–H and O–H groups in total. The van der Waals surface area contributed by atoms with Crippen LogP contribution in [-0.4, -0.2) is 53.1 Å². The van der Waals surface area contributed by atoms with Crippen molar-refractivity contribution < 1.29 is 27.8 Å². The van der Waals surface area contributed by atoms with Gasteiger partial charge in [0.2, 0.25) is 0 Å². The molecule has 0 radical (unpaired) electrons. The highest BCUT2D eigenvalue weighted by Gasteiger charge is 2.42. The van der Waals surface area contributed by atoms with Crippen LogP contribution in [-0.2, 0) is 16.1 Å². The zero-order valence-electron chi connectivity index (χ0n) is 21.1. The van der Waals surface area contributed by atoms with Gasteiger partial charge < -0.3 is 24.1 Å². The lowest BCUT2D eigenvalue weighted by Crippen LogP contribution is -2.46. The van der Waals surface area contributed by atoms with Gasteiger partial charge in [-0.1, -0.05) is 18.2 Å². The second kappa shape index (κ2) is 10.3. The minimum atomic E-state index is -2.89. The van der Waals surface area contributed by atoms with Crippen molar-refractivity contribution in [1.29, 1.82) is 0 Å². The number of aromatic amines is 1. The molecule has 38 heavy (non-hydrogen) atoms. The highest BCUT2D eigenvalue weighted by molar-refractivity contribution is 5.87. The van der Waals surface area contributed by atoms with Crippen LogP contribution in [0.15, 0.2) is 42.6 Å². The molecule has 2 bridgehead atoms. The molecule has 3 fully saturated rings. The third-order valence-electron chi connectivity index (χ3n) is 7.86. The fraction of sp³-hybridized carbons (Fsp3) is 0.464. The van der Waals surface area contributed by atoms with Gasteiger partial charge in [-0.05, 0) is 62.6 Å². The number of fused-ring (bicyclic) bond motifs is 2. The molecular formula is C28H30F2N4O4. The first-order valence-corrected chi connectivity index (χ1v) is 13.1. The maximum atomic E-state index is 13.1. The number of anilines is 1. The molecule has 0 spiro atoms. The van der Waals surface area contributed by atoms with E-state index in [0.717, 1.165) is 61.2 Å². The molecule has 4 heterocycles. The lowest BCUT2D eigenvalue weighted by molar-refractivity contribution is -0.0494. The smallest absolute Gasteiger partial charge is 0.387 e. The first kappa shape index (κ1) is 24.8. The molecule has 3 aromatic rings. The van der Waals surface area contributed by atoms with Crippen LogP contribution in [0.5, 0.6) is 5.75 Å². The summed E-state index contributed by atoms with van der Waals surface area (Å²) >= 11 is 0. The number of hydrogen-bond acceptors (Lipinski definition) is 7. The first-order valence-electron chi connectivity index (χ1n) is 13.1. The zero-order valence-corrected chi connectivity index (χ0v) is 21.1. The molecule has 200 valence electrons. The van der Waals surface area contributed by atoms with Gasteiger partial charge in [-0.3, -0.25) is 0 Å². The van der Waals surface area contributed by atoms with E-state index in [9.17, 15) is 13.6 Å². The fourth-order valence-electron chi connectivity index (χ4n) is 6.00. The van der Waals surface area contributed by atoms with Gasteiger partial charge in [-0.25, -0.2) is 4.79 Å². The van der Waals surface area contributed by atoms with E-state index < -0.39 is 12.6 Å². The van der Waals surface area contributed by atoms with Crippen molar-refractivity contribution in [3.63, 3.8) is 0 Å². The van der Waals surface area contributed by atoms with E-state index >= 15 is 0 Å². The molecule has 1 aliphatic carbocycles. The van der Waals surface area contributed by atoms with Crippen LogP contribution in [0.25, 0.3) is 11.1 Å². The van der Waals surface area contributed by atoms with Crippen LogP contribution < -0.4 is 9.64 Å². The quantitative estimate of drug-likeness (QED) is 0.372. The monoisotopic (exact) mass is 524 g/mol. The van der Waals surface area contributed by atoms with Crippen LogP contribution in [0.1, 0.15) is 66.2 Å². The Bertz CT molecular complexity index is 1280. The largest absolute Gasteiger partial charge is 0.464 e. The van der Waals surface area contributed by atoms with Crippen LogP contribution in [0.3, 0.4) is 0 Å². The summed E-state index contributed by atoms with van der Waals surface area (Å²) in [6.07, 6.45) is 8.01. The van der Waals surface area contributed by atoms with E-state index in [1.807, 2.05) is 24.4 Å². The van der Waals surface area contributed by atoms with Crippen molar-refractivity contribution in [3.05, 3.63) is 59.5 Å². The summed E-state index contributed by atoms with van der Waals surface area (Å²) in [4.78, 5) is 17.4. The van der Waals surface area contributed by atoms with Gasteiger partial charge in [0.05, 0.1) is 19.8 Å². The number of piperidine rings is 1. The van der Waals surface area contributed by atoms with Gasteiger partial charge in [-0.15, -0.1) is 10.2 Å². The zero-order chi connectivity index (χ0) is 26.2. The summed E-state index contributed by atoms with van der Waals surface area (Å²) in [5, 5.41) is 8.35. The highest BCUT2D eigenvalue weighted by atomic mass is 19.3. The Morgan fingerprint density at radius 3 is 2.47 bits per heavy atom. The Hall–Kier alpha value is -3.53. The number of halogens is 2. The van der Waals surface area contributed by atoms with Crippen LogP contribution >= 0.6 is 0 Å². The van der Waals surface area contributed by atoms with Gasteiger partial charge in [-0.2, -0.15) is 8.78 Å². The Morgan fingerprint density at radius 2 is 1.82 bits per heavy atom. The average Bonchev–Trinajstić information content (AvgIpc) is 3.63. The van der Waals surface area contributed by atoms with E-state index in [1.165, 1.54) is 7.11 Å². The Morgan fingerprint density at radius 1 is 1.05 bits per heavy atom. The van der Waals surface area contributed by atoms with Crippen molar-refractivity contribution in [1.82, 2.24) is 15.2 Å². The number of H-pyrrole nitrogens is 1. The number of aromatic nitrogens is 3. The summed E-state index contributed by atoms with van der Waals surface area (Å²) in [7, 11) is 1.32. The van der Waals surface area contributed by atoms with Gasteiger partial charge in [0, 0.05) is 40.7 Å². The number of methoxy groups -OCH3 is 1. The number of para-hydroxylation sites is 1. The van der Waals surface area contributed by atoms with E-state index in [2.05, 4.69) is 20.1 Å². The third-order valence-corrected chi connectivity index (χ3v) is 7.86. The van der Waals surface area contributed by atoms with Crippen molar-refractivity contribution in [2.45, 2.75) is 75.8 Å². The molecule has 2 saturated heterocycles. The van der Waals surface area contributed by atoms with E-state index in [4.69, 9.17) is 14.2 Å². The standard InChI is InChI=1S/C28H30F2N4O4/c1-36-27(35)23-10-11-25(33-32-23)34-17-8-9-18(34)13-19(12-17)37-15-22-21(14-31-26(22)16-6-7-16)20-4-2-3-5-24(20)38-28(29)30/h2-5,10-11,14,16-19,28,31H,6-9,12-13,15H2,1H3. The van der Waals surface area contributed by atoms with Crippen molar-refractivity contribution in [3.8, 4) is 16.9 Å². The first-order chi connectivity index (χ1) is 18.5. The van der Waals surface area contributed by atoms with Gasteiger partial charge in [0.25, 0.3) is 0 Å². The third kappa shape index (κ3) is 4.84. The van der Waals surface area contributed by atoms with E-state index in [1.54, 1.807) is 18.2 Å². The number of esters is 1. The molecule has 2 atom stereocenters. The second-order valence-corrected chi connectivity index (χ2v) is 10.2. The van der Waals surface area contributed by atoms with Crippen LogP contribution in [0.2, 0.25) is 0 Å². The van der Waals surface area contributed by atoms with Crippen molar-refractivity contribution in [2.24, 2.45) is 0 Å². The molecule has 2 unspecified atom stereocenters. The molecule has 6 rings (SSSR count). The van der Waals surface area contributed by atoms with Gasteiger partial charge in [0.1, 0.15) is 5.75 Å². The number of alkyl halides is 2. The summed E-state index contributed by atoms with van der Waals surface area (Å²) in [5.41, 5.74) is 3.84. The molecule has 8 nitrogen and oxygen atoms in total. The van der Waals surface area contributed by atoms with E-state index in [-0.39, 0.29) is 29.6 Å². The molecule has 1 saturated carbocycles. The Balaban J connectivity index is 1.17. The van der Waals surface area contributed by atoms with Gasteiger partial charge >= 0.3 is 12.6 Å². The minimum Gasteiger partial charge on any atom is -0.464 e. The number of hydrogen-bond donors (Lipinski definition) is 1. The molecule has 2 aliphatic heterocycles. The van der Waals surface area contributed by atoms with Gasteiger partial charge in [0.15, 0.2) is 11.5 Å². The highest BCUT2D eigenvalue weighted by Crippen LogP contribution is 2.46. The number of ether oxygens (including phenoxy) is 3. The molecular weight excluding hydrogens is 494 g/mol. The Kier molecular flexibility index (Phi) is 6.73. The maximum Gasteiger partial charge on any atom is 0.387 e. The molecule has 0 amide bonds. The number of nitrogens with one attached hydrogen (secondary N) is 1. The second-order valence-electron chi connectivity index (χ2n) is 10.2. The number of benzene rings is 1. The average molecular weight is 525 g/mol. The topological polar surface area (TPSA) is 89.6 Å². The number of nitrogens with zero attached hydrogens (tertiary/aromatic N) is 3. The summed E-state index contributed by atoms with van der Waals surface area (Å²) < 4.78 is 42.2. The van der Waals surface area contributed by atoms with Crippen LogP contribution in [0, 0.1) is 0 Å². The SMILES string of the molecule is COC(=O)c1ccc(N2C3CCC2CC(OCc2c(-c4ccccc4OC(F)F)c[nH]c2C2CC2)C3)nn1. The van der Waals surface area contributed by atoms with Crippen molar-refractivity contribution in [2.75, 3.05) is 12.0 Å². The van der Waals surface area contributed by atoms with Crippen molar-refractivity contribution >= 4 is 11.8 Å². The summed E-state index contributed by atoms with van der Waals surface area (Å²) in [5.74, 6) is 0.881. The number of carbonyl (C=O) groups is 1. The molecule has 10 heteroatoms. The lowest BCUT2D eigenvalue weighted by atomic mass is 9.98. The minimum absolute atomic E-state index is 0.0772. The number of carbonyl (C=O) groups excluding carboxylic acids is 1. The Labute approximate surface area is 219 Å². The maximum absolute atomic E-state index is 13.1. The molecule has 3 aliphatic rings. The number of rotatable bonds is 9. The predicted molar refractivity (Wildman–Crippen MR) is 135 cm³/mol. The molecule has 2 aromatic heterocycles. The predicted octanol–water partition coefficient (Wildman–Crippen LogP) is 5.45. The lowest BCUT2D eigenvalue weighted by Gasteiger charge is -2.39.